The lowest BCUT2D eigenvalue weighted by Gasteiger charge is -1.92. The van der Waals surface area contributed by atoms with Gasteiger partial charge >= 0.3 is 23.9 Å². The fraction of sp³-hybridized carbons (Fsp3) is 0.167. The van der Waals surface area contributed by atoms with Crippen LogP contribution in [0.15, 0.2) is 4.42 Å². The maximum atomic E-state index is 10.6. The fourth-order valence-corrected chi connectivity index (χ4v) is 1.12. The number of rotatable bonds is 6. The van der Waals surface area contributed by atoms with Gasteiger partial charge in [-0.1, -0.05) is 0 Å². The van der Waals surface area contributed by atoms with Gasteiger partial charge in [-0.2, -0.15) is 0 Å². The van der Waals surface area contributed by atoms with Crippen molar-refractivity contribution >= 4 is 23.9 Å². The van der Waals surface area contributed by atoms with Gasteiger partial charge in [0.15, 0.2) is 5.56 Å². The van der Waals surface area contributed by atoms with Crippen molar-refractivity contribution in [2.24, 2.45) is 0 Å². The third-order valence-electron chi connectivity index (χ3n) is 1.73. The van der Waals surface area contributed by atoms with Crippen LogP contribution in [0.2, 0.25) is 0 Å². The molecule has 0 saturated carbocycles. The minimum Gasteiger partial charge on any atom is -0.452 e. The Bertz CT molecular complexity index is 533. The predicted molar refractivity (Wildman–Crippen MR) is 49.2 cm³/mol. The Morgan fingerprint density at radius 3 is 2.00 bits per heavy atom. The van der Waals surface area contributed by atoms with Crippen LogP contribution in [0.3, 0.4) is 0 Å². The van der Waals surface area contributed by atoms with Crippen molar-refractivity contribution in [3.8, 4) is 0 Å². The van der Waals surface area contributed by atoms with E-state index >= 15 is 0 Å². The molecule has 0 aliphatic carbocycles. The van der Waals surface area contributed by atoms with Crippen LogP contribution in [-0.2, 0) is 16.1 Å². The Labute approximate surface area is 96.2 Å². The minimum atomic E-state index is -1.41. The lowest BCUT2D eigenvalue weighted by molar-refractivity contribution is -0.438. The second kappa shape index (κ2) is 4.86. The number of ether oxygens (including phenoxy) is 1. The monoisotopic (exact) mass is 260 g/mol. The number of furan rings is 1. The molecular formula is C6H2N3O9. The highest BCUT2D eigenvalue weighted by Crippen LogP contribution is 2.40. The smallest absolute Gasteiger partial charge is 0.452 e. The van der Waals surface area contributed by atoms with E-state index in [1.54, 1.807) is 0 Å². The molecule has 0 N–H and O–H groups in total. The van der Waals surface area contributed by atoms with E-state index in [4.69, 9.17) is 0 Å². The number of hydrogen-bond acceptors (Lipinski definition) is 9. The molecule has 1 heterocycles. The first-order valence-electron chi connectivity index (χ1n) is 3.97. The molecule has 12 nitrogen and oxygen atoms in total. The third kappa shape index (κ3) is 2.21. The summed E-state index contributed by atoms with van der Waals surface area (Å²) in [5.41, 5.74) is -2.05. The molecular weight excluding hydrogens is 258 g/mol. The van der Waals surface area contributed by atoms with Crippen molar-refractivity contribution in [2.75, 3.05) is 0 Å². The summed E-state index contributed by atoms with van der Waals surface area (Å²) < 4.78 is 8.17. The molecule has 95 valence electrons. The van der Waals surface area contributed by atoms with Crippen LogP contribution in [0.5, 0.6) is 0 Å². The molecule has 0 aliphatic heterocycles. The number of nitrogens with zero attached hydrogens (tertiary/aromatic N) is 3. The van der Waals surface area contributed by atoms with Crippen molar-refractivity contribution in [3.63, 3.8) is 0 Å². The van der Waals surface area contributed by atoms with Crippen LogP contribution in [-0.4, -0.2) is 21.2 Å². The second-order valence-corrected chi connectivity index (χ2v) is 2.68. The zero-order valence-corrected chi connectivity index (χ0v) is 8.22. The minimum absolute atomic E-state index is 0.819. The van der Waals surface area contributed by atoms with E-state index in [0.29, 0.717) is 0 Å². The zero-order chi connectivity index (χ0) is 13.9. The van der Waals surface area contributed by atoms with Gasteiger partial charge in [0, 0.05) is 0 Å². The van der Waals surface area contributed by atoms with Gasteiger partial charge in [-0.05, 0) is 0 Å². The molecule has 0 amide bonds. The van der Waals surface area contributed by atoms with Crippen LogP contribution in [0.25, 0.3) is 0 Å². The van der Waals surface area contributed by atoms with E-state index in [1.165, 1.54) is 0 Å². The molecule has 12 heteroatoms. The lowest BCUT2D eigenvalue weighted by Crippen LogP contribution is -1.99. The van der Waals surface area contributed by atoms with Gasteiger partial charge in [-0.3, -0.25) is 30.3 Å². The van der Waals surface area contributed by atoms with Crippen LogP contribution in [0.4, 0.5) is 17.5 Å². The van der Waals surface area contributed by atoms with Crippen molar-refractivity contribution in [1.82, 2.24) is 0 Å². The summed E-state index contributed by atoms with van der Waals surface area (Å²) in [7, 11) is 0. The summed E-state index contributed by atoms with van der Waals surface area (Å²) in [5, 5.41) is 31.6. The quantitative estimate of drug-likeness (QED) is 0.524. The molecule has 1 radical (unpaired) electrons. The van der Waals surface area contributed by atoms with Gasteiger partial charge in [0.25, 0.3) is 0 Å². The van der Waals surface area contributed by atoms with E-state index < -0.39 is 44.4 Å². The number of hydrogen-bond donors (Lipinski definition) is 0. The Hall–Kier alpha value is -3.05. The van der Waals surface area contributed by atoms with E-state index in [9.17, 15) is 35.1 Å². The molecule has 1 aromatic rings. The van der Waals surface area contributed by atoms with Crippen molar-refractivity contribution in [1.29, 1.82) is 0 Å². The summed E-state index contributed by atoms with van der Waals surface area (Å²) in [6, 6.07) is 0. The van der Waals surface area contributed by atoms with Crippen LogP contribution in [0, 0.1) is 30.3 Å². The molecule has 0 spiro atoms. The Morgan fingerprint density at radius 1 is 1.06 bits per heavy atom. The number of nitro groups is 3. The Kier molecular flexibility index (Phi) is 3.51. The topological polar surface area (TPSA) is 169 Å². The van der Waals surface area contributed by atoms with Crippen molar-refractivity contribution in [2.45, 2.75) is 6.61 Å². The summed E-state index contributed by atoms with van der Waals surface area (Å²) in [6.45, 7) is -0.0568. The average Bonchev–Trinajstić information content (AvgIpc) is 2.65. The first-order valence-corrected chi connectivity index (χ1v) is 3.97. The molecule has 0 bridgehead atoms. The summed E-state index contributed by atoms with van der Waals surface area (Å²) in [4.78, 5) is 37.7. The predicted octanol–water partition coefficient (Wildman–Crippen LogP) is 0.588. The molecule has 0 saturated heterocycles. The molecule has 1 rings (SSSR count). The Morgan fingerprint density at radius 2 is 1.61 bits per heavy atom. The normalized spacial score (nSPS) is 9.78. The van der Waals surface area contributed by atoms with Gasteiger partial charge in [0.2, 0.25) is 0 Å². The maximum Gasteiger partial charge on any atom is 0.517 e. The summed E-state index contributed by atoms with van der Waals surface area (Å²) >= 11 is 0. The molecule has 0 fully saturated rings. The van der Waals surface area contributed by atoms with Gasteiger partial charge in [0.1, 0.15) is 16.5 Å². The highest BCUT2D eigenvalue weighted by Gasteiger charge is 2.43. The third-order valence-corrected chi connectivity index (χ3v) is 1.73. The highest BCUT2D eigenvalue weighted by molar-refractivity contribution is 5.59. The number of carbonyl (C=O) groups excluding carboxylic acids is 1. The zero-order valence-electron chi connectivity index (χ0n) is 8.22. The second-order valence-electron chi connectivity index (χ2n) is 2.68. The Balaban J connectivity index is 3.49. The molecule has 0 atom stereocenters. The van der Waals surface area contributed by atoms with Gasteiger partial charge in [-0.15, -0.1) is 0 Å². The van der Waals surface area contributed by atoms with E-state index in [1.807, 2.05) is 0 Å². The van der Waals surface area contributed by atoms with Crippen molar-refractivity contribution in [3.05, 3.63) is 35.9 Å². The van der Waals surface area contributed by atoms with Gasteiger partial charge in [-0.25, -0.2) is 4.79 Å². The maximum absolute atomic E-state index is 10.6. The van der Waals surface area contributed by atoms with E-state index in [-0.39, 0.29) is 0 Å². The first-order chi connectivity index (χ1) is 8.40. The largest absolute Gasteiger partial charge is 0.517 e. The summed E-state index contributed by atoms with van der Waals surface area (Å²) in [6.07, 6.45) is 0. The molecule has 0 aliphatic rings. The molecule has 0 unspecified atom stereocenters. The average molecular weight is 260 g/mol. The fourth-order valence-electron chi connectivity index (χ4n) is 1.12. The van der Waals surface area contributed by atoms with Gasteiger partial charge in [0.05, 0.1) is 4.92 Å². The molecule has 1 aromatic heterocycles. The van der Waals surface area contributed by atoms with Gasteiger partial charge < -0.3 is 9.15 Å². The summed E-state index contributed by atoms with van der Waals surface area (Å²) in [5.74, 6) is -2.64. The molecule has 18 heavy (non-hydrogen) atoms. The highest BCUT2D eigenvalue weighted by atomic mass is 16.7. The van der Waals surface area contributed by atoms with E-state index in [2.05, 4.69) is 9.15 Å². The van der Waals surface area contributed by atoms with Crippen LogP contribution in [0.1, 0.15) is 5.56 Å². The van der Waals surface area contributed by atoms with Crippen LogP contribution >= 0.6 is 0 Å². The van der Waals surface area contributed by atoms with E-state index in [0.717, 1.165) is 6.47 Å². The standard InChI is InChI=1S/C6H2N3O9/c10-2-17-1-3-4(7(11)12)6(9(15)16)18-5(3)8(13)14/h1H2. The molecule has 0 aromatic carbocycles. The lowest BCUT2D eigenvalue weighted by atomic mass is 10.3. The first kappa shape index (κ1) is 13.0. The van der Waals surface area contributed by atoms with Crippen LogP contribution < -0.4 is 0 Å². The SMILES string of the molecule is O=[C]OCc1c([N+](=O)[O-])oc([N+](=O)[O-])c1[N+](=O)[O-]. The van der Waals surface area contributed by atoms with Crippen molar-refractivity contribution < 1.29 is 28.7 Å².